The van der Waals surface area contributed by atoms with Gasteiger partial charge in [-0.25, -0.2) is 0 Å². The van der Waals surface area contributed by atoms with Gasteiger partial charge < -0.3 is 14.6 Å². The van der Waals surface area contributed by atoms with Crippen LogP contribution in [0.4, 0.5) is 0 Å². The smallest absolute Gasteiger partial charge is 0.0550 e. The molecule has 2 atom stereocenters. The van der Waals surface area contributed by atoms with Crippen LogP contribution < -0.4 is 0 Å². The van der Waals surface area contributed by atoms with Crippen LogP contribution in [0.5, 0.6) is 0 Å². The molecule has 0 spiro atoms. The molecule has 1 aliphatic carbocycles. The summed E-state index contributed by atoms with van der Waals surface area (Å²) in [5, 5.41) is 9.43. The molecule has 1 saturated heterocycles. The first-order valence-electron chi connectivity index (χ1n) is 7.11. The Morgan fingerprint density at radius 1 is 1.06 bits per heavy atom. The Kier molecular flexibility index (Phi) is 5.26. The number of rotatable bonds is 4. The van der Waals surface area contributed by atoms with Gasteiger partial charge in [0.2, 0.25) is 0 Å². The molecule has 0 radical (unpaired) electrons. The van der Waals surface area contributed by atoms with E-state index in [1.165, 1.54) is 0 Å². The number of aliphatic hydroxyl groups excluding tert-OH is 1. The molecule has 1 heterocycles. The third kappa shape index (κ3) is 4.57. The van der Waals surface area contributed by atoms with E-state index in [1.54, 1.807) is 0 Å². The van der Waals surface area contributed by atoms with Gasteiger partial charge in [0.1, 0.15) is 0 Å². The van der Waals surface area contributed by atoms with Crippen LogP contribution in [0, 0.1) is 11.8 Å². The van der Waals surface area contributed by atoms with E-state index < -0.39 is 0 Å². The summed E-state index contributed by atoms with van der Waals surface area (Å²) < 4.78 is 11.4. The second kappa shape index (κ2) is 6.72. The van der Waals surface area contributed by atoms with Crippen LogP contribution in [-0.4, -0.2) is 37.1 Å². The maximum absolute atomic E-state index is 9.43. The Morgan fingerprint density at radius 3 is 2.47 bits per heavy atom. The van der Waals surface area contributed by atoms with Crippen molar-refractivity contribution in [3.05, 3.63) is 0 Å². The summed E-state index contributed by atoms with van der Waals surface area (Å²) in [5.74, 6) is 1.36. The molecule has 0 aromatic heterocycles. The first-order valence-corrected chi connectivity index (χ1v) is 7.11. The minimum atomic E-state index is -0.0532. The first kappa shape index (κ1) is 13.3. The fourth-order valence-electron chi connectivity index (χ4n) is 2.96. The van der Waals surface area contributed by atoms with Crippen LogP contribution in [0.25, 0.3) is 0 Å². The van der Waals surface area contributed by atoms with Crippen molar-refractivity contribution in [1.29, 1.82) is 0 Å². The molecule has 0 amide bonds. The second-order valence-electron chi connectivity index (χ2n) is 5.78. The van der Waals surface area contributed by atoms with E-state index in [2.05, 4.69) is 6.92 Å². The second-order valence-corrected chi connectivity index (χ2v) is 5.78. The third-order valence-electron chi connectivity index (χ3n) is 4.12. The van der Waals surface area contributed by atoms with Crippen LogP contribution in [0.2, 0.25) is 0 Å². The van der Waals surface area contributed by atoms with Gasteiger partial charge in [0.05, 0.1) is 12.2 Å². The van der Waals surface area contributed by atoms with Crippen LogP contribution in [0.1, 0.15) is 45.4 Å². The van der Waals surface area contributed by atoms with Crippen molar-refractivity contribution in [3.8, 4) is 0 Å². The highest BCUT2D eigenvalue weighted by Crippen LogP contribution is 2.25. The van der Waals surface area contributed by atoms with Crippen LogP contribution in [0.3, 0.4) is 0 Å². The van der Waals surface area contributed by atoms with Gasteiger partial charge in [0.25, 0.3) is 0 Å². The molecule has 100 valence electrons. The SMILES string of the molecule is CC1CC(COCC2CCC(O)CC2)CCO1. The summed E-state index contributed by atoms with van der Waals surface area (Å²) in [6, 6.07) is 0. The highest BCUT2D eigenvalue weighted by molar-refractivity contribution is 4.72. The first-order chi connectivity index (χ1) is 8.24. The van der Waals surface area contributed by atoms with Crippen LogP contribution in [-0.2, 0) is 9.47 Å². The maximum atomic E-state index is 9.43. The predicted molar refractivity (Wildman–Crippen MR) is 66.9 cm³/mol. The summed E-state index contributed by atoms with van der Waals surface area (Å²) in [5.41, 5.74) is 0. The van der Waals surface area contributed by atoms with E-state index in [0.717, 1.165) is 58.3 Å². The average Bonchev–Trinajstić information content (AvgIpc) is 2.32. The zero-order chi connectivity index (χ0) is 12.1. The van der Waals surface area contributed by atoms with E-state index in [9.17, 15) is 5.11 Å². The van der Waals surface area contributed by atoms with Gasteiger partial charge in [-0.05, 0) is 57.3 Å². The predicted octanol–water partition coefficient (Wildman–Crippen LogP) is 2.37. The van der Waals surface area contributed by atoms with Crippen molar-refractivity contribution in [2.75, 3.05) is 19.8 Å². The Morgan fingerprint density at radius 2 is 1.76 bits per heavy atom. The quantitative estimate of drug-likeness (QED) is 0.822. The summed E-state index contributed by atoms with van der Waals surface area (Å²) in [6.07, 6.45) is 6.82. The molecule has 3 heteroatoms. The maximum Gasteiger partial charge on any atom is 0.0550 e. The summed E-state index contributed by atoms with van der Waals surface area (Å²) in [4.78, 5) is 0. The molecule has 0 aromatic rings. The summed E-state index contributed by atoms with van der Waals surface area (Å²) in [7, 11) is 0. The number of hydrogen-bond donors (Lipinski definition) is 1. The lowest BCUT2D eigenvalue weighted by Gasteiger charge is -2.29. The number of aliphatic hydroxyl groups is 1. The molecular weight excluding hydrogens is 216 g/mol. The van der Waals surface area contributed by atoms with Gasteiger partial charge in [-0.3, -0.25) is 0 Å². The monoisotopic (exact) mass is 242 g/mol. The zero-order valence-electron chi connectivity index (χ0n) is 10.9. The topological polar surface area (TPSA) is 38.7 Å². The van der Waals surface area contributed by atoms with Gasteiger partial charge in [-0.15, -0.1) is 0 Å². The molecule has 17 heavy (non-hydrogen) atoms. The molecule has 2 unspecified atom stereocenters. The van der Waals surface area contributed by atoms with E-state index in [1.807, 2.05) is 0 Å². The van der Waals surface area contributed by atoms with Crippen LogP contribution >= 0.6 is 0 Å². The van der Waals surface area contributed by atoms with E-state index in [4.69, 9.17) is 9.47 Å². The lowest BCUT2D eigenvalue weighted by Crippen LogP contribution is -2.27. The van der Waals surface area contributed by atoms with Gasteiger partial charge in [0, 0.05) is 19.8 Å². The minimum absolute atomic E-state index is 0.0532. The highest BCUT2D eigenvalue weighted by Gasteiger charge is 2.22. The van der Waals surface area contributed by atoms with E-state index in [-0.39, 0.29) is 6.10 Å². The average molecular weight is 242 g/mol. The Labute approximate surface area is 104 Å². The van der Waals surface area contributed by atoms with E-state index >= 15 is 0 Å². The van der Waals surface area contributed by atoms with Crippen molar-refractivity contribution >= 4 is 0 Å². The third-order valence-corrected chi connectivity index (χ3v) is 4.12. The van der Waals surface area contributed by atoms with Crippen LogP contribution in [0.15, 0.2) is 0 Å². The zero-order valence-corrected chi connectivity index (χ0v) is 10.9. The molecule has 2 fully saturated rings. The van der Waals surface area contributed by atoms with Crippen molar-refractivity contribution in [1.82, 2.24) is 0 Å². The molecule has 1 N–H and O–H groups in total. The lowest BCUT2D eigenvalue weighted by atomic mass is 9.88. The van der Waals surface area contributed by atoms with Gasteiger partial charge in [0.15, 0.2) is 0 Å². The van der Waals surface area contributed by atoms with Gasteiger partial charge in [-0.2, -0.15) is 0 Å². The highest BCUT2D eigenvalue weighted by atomic mass is 16.5. The molecular formula is C14H26O3. The van der Waals surface area contributed by atoms with Gasteiger partial charge >= 0.3 is 0 Å². The fraction of sp³-hybridized carbons (Fsp3) is 1.00. The molecule has 2 rings (SSSR count). The van der Waals surface area contributed by atoms with Crippen molar-refractivity contribution < 1.29 is 14.6 Å². The standard InChI is InChI=1S/C14H26O3/c1-11-8-13(6-7-17-11)10-16-9-12-2-4-14(15)5-3-12/h11-15H,2-10H2,1H3. The van der Waals surface area contributed by atoms with Crippen molar-refractivity contribution in [3.63, 3.8) is 0 Å². The van der Waals surface area contributed by atoms with E-state index in [0.29, 0.717) is 17.9 Å². The molecule has 0 aromatic carbocycles. The Bertz CT molecular complexity index is 212. The van der Waals surface area contributed by atoms with Crippen molar-refractivity contribution in [2.24, 2.45) is 11.8 Å². The number of hydrogen-bond acceptors (Lipinski definition) is 3. The Balaban J connectivity index is 1.56. The molecule has 1 aliphatic heterocycles. The fourth-order valence-corrected chi connectivity index (χ4v) is 2.96. The molecule has 0 bridgehead atoms. The molecule has 2 aliphatic rings. The lowest BCUT2D eigenvalue weighted by molar-refractivity contribution is -0.0315. The summed E-state index contributed by atoms with van der Waals surface area (Å²) in [6.45, 7) is 4.82. The Hall–Kier alpha value is -0.120. The minimum Gasteiger partial charge on any atom is -0.393 e. The largest absolute Gasteiger partial charge is 0.393 e. The number of ether oxygens (including phenoxy) is 2. The molecule has 1 saturated carbocycles. The van der Waals surface area contributed by atoms with Crippen molar-refractivity contribution in [2.45, 2.75) is 57.7 Å². The normalized spacial score (nSPS) is 39.2. The summed E-state index contributed by atoms with van der Waals surface area (Å²) >= 11 is 0. The van der Waals surface area contributed by atoms with Gasteiger partial charge in [-0.1, -0.05) is 0 Å². The molecule has 3 nitrogen and oxygen atoms in total.